The summed E-state index contributed by atoms with van der Waals surface area (Å²) in [5.41, 5.74) is 0.997. The van der Waals surface area contributed by atoms with E-state index in [1.54, 1.807) is 55.8 Å². The quantitative estimate of drug-likeness (QED) is 0.469. The zero-order valence-corrected chi connectivity index (χ0v) is 18.0. The Morgan fingerprint density at radius 1 is 1.19 bits per heavy atom. The Bertz CT molecular complexity index is 1200. The van der Waals surface area contributed by atoms with E-state index in [4.69, 9.17) is 10.1 Å². The molecule has 9 heteroatoms. The topological polar surface area (TPSA) is 122 Å². The van der Waals surface area contributed by atoms with E-state index in [2.05, 4.69) is 20.6 Å². The lowest BCUT2D eigenvalue weighted by molar-refractivity contribution is 0.102. The van der Waals surface area contributed by atoms with Crippen LogP contribution in [0.1, 0.15) is 35.9 Å². The molecule has 3 heterocycles. The van der Waals surface area contributed by atoms with Gasteiger partial charge in [0.15, 0.2) is 0 Å². The Hall–Kier alpha value is -4.27. The van der Waals surface area contributed by atoms with Crippen molar-refractivity contribution in [3.8, 4) is 11.5 Å². The Balaban J connectivity index is 1.72. The number of carbonyl (C=O) groups is 1. The first-order valence-corrected chi connectivity index (χ1v) is 9.94. The lowest BCUT2D eigenvalue weighted by atomic mass is 10.2. The minimum absolute atomic E-state index is 0.0472. The summed E-state index contributed by atoms with van der Waals surface area (Å²) in [6.07, 6.45) is 7.49. The molecule has 1 amide bonds. The highest BCUT2D eigenvalue weighted by Gasteiger charge is 2.14. The number of hydrogen-bond donors (Lipinski definition) is 3. The molecule has 0 radical (unpaired) electrons. The van der Waals surface area contributed by atoms with Gasteiger partial charge in [0.25, 0.3) is 11.5 Å². The number of carbonyl (C=O) groups excluding carboxylic acids is 1. The van der Waals surface area contributed by atoms with Crippen LogP contribution in [0.5, 0.6) is 11.5 Å². The van der Waals surface area contributed by atoms with Crippen LogP contribution < -0.4 is 20.9 Å². The Kier molecular flexibility index (Phi) is 7.12. The molecule has 0 aliphatic rings. The van der Waals surface area contributed by atoms with Crippen LogP contribution in [-0.2, 0) is 0 Å². The summed E-state index contributed by atoms with van der Waals surface area (Å²) in [6, 6.07) is 9.79. The highest BCUT2D eigenvalue weighted by atomic mass is 16.5. The van der Waals surface area contributed by atoms with E-state index >= 15 is 0 Å². The number of anilines is 1. The number of ether oxygens (including phenoxy) is 1. The molecule has 164 valence electrons. The molecule has 0 aliphatic heterocycles. The third-order valence-corrected chi connectivity index (χ3v) is 4.52. The molecule has 0 aliphatic carbocycles. The van der Waals surface area contributed by atoms with Crippen molar-refractivity contribution in [2.24, 2.45) is 0 Å². The molecule has 0 fully saturated rings. The third kappa shape index (κ3) is 5.25. The smallest absolute Gasteiger partial charge is 0.263 e. The molecule has 0 atom stereocenters. The molecule has 0 unspecified atom stereocenters. The van der Waals surface area contributed by atoms with E-state index < -0.39 is 5.91 Å². The van der Waals surface area contributed by atoms with Gasteiger partial charge in [-0.05, 0) is 50.3 Å². The lowest BCUT2D eigenvalue weighted by Crippen LogP contribution is -2.29. The van der Waals surface area contributed by atoms with Crippen LogP contribution >= 0.6 is 0 Å². The van der Waals surface area contributed by atoms with Gasteiger partial charge in [-0.2, -0.15) is 0 Å². The van der Waals surface area contributed by atoms with E-state index in [-0.39, 0.29) is 17.2 Å². The Morgan fingerprint density at radius 3 is 2.66 bits per heavy atom. The number of nitrogens with zero attached hydrogens (tertiary/aromatic N) is 3. The van der Waals surface area contributed by atoms with Gasteiger partial charge in [-0.25, -0.2) is 4.98 Å². The van der Waals surface area contributed by atoms with E-state index in [1.165, 1.54) is 23.0 Å². The second-order valence-corrected chi connectivity index (χ2v) is 7.04. The van der Waals surface area contributed by atoms with Gasteiger partial charge in [-0.15, -0.1) is 0 Å². The predicted octanol–water partition coefficient (Wildman–Crippen LogP) is 3.47. The molecule has 3 rings (SSSR count). The first-order valence-electron chi connectivity index (χ1n) is 9.94. The van der Waals surface area contributed by atoms with Crippen LogP contribution in [0.3, 0.4) is 0 Å². The van der Waals surface area contributed by atoms with Crippen LogP contribution in [0.2, 0.25) is 0 Å². The van der Waals surface area contributed by atoms with Gasteiger partial charge in [-0.1, -0.05) is 0 Å². The number of allylic oxidation sites excluding steroid dienone is 1. The van der Waals surface area contributed by atoms with Crippen molar-refractivity contribution in [1.29, 1.82) is 5.41 Å². The normalized spacial score (nSPS) is 11.2. The molecule has 32 heavy (non-hydrogen) atoms. The largest absolute Gasteiger partial charge is 0.456 e. The van der Waals surface area contributed by atoms with E-state index in [0.29, 0.717) is 28.7 Å². The van der Waals surface area contributed by atoms with Crippen molar-refractivity contribution in [3.05, 3.63) is 82.7 Å². The van der Waals surface area contributed by atoms with Crippen LogP contribution in [0.15, 0.2) is 65.9 Å². The zero-order valence-electron chi connectivity index (χ0n) is 18.0. The van der Waals surface area contributed by atoms with E-state index in [9.17, 15) is 9.59 Å². The molecule has 0 spiro atoms. The second-order valence-electron chi connectivity index (χ2n) is 7.04. The molecular formula is C23H24N6O3. The first kappa shape index (κ1) is 22.4. The number of pyridine rings is 3. The van der Waals surface area contributed by atoms with Crippen LogP contribution in [-0.4, -0.2) is 33.7 Å². The summed E-state index contributed by atoms with van der Waals surface area (Å²) in [4.78, 5) is 33.5. The molecular weight excluding hydrogens is 408 g/mol. The summed E-state index contributed by atoms with van der Waals surface area (Å²) >= 11 is 0. The SMILES string of the molecule is CN/C(=C\C=N)c1cc(Oc2ccc(NC(=O)c3cccn(C(C)C)c3=O)nc2)ccn1. The minimum atomic E-state index is -0.525. The first-order chi connectivity index (χ1) is 15.4. The van der Waals surface area contributed by atoms with E-state index in [0.717, 1.165) is 0 Å². The van der Waals surface area contributed by atoms with Crippen LogP contribution in [0, 0.1) is 5.41 Å². The Labute approximate surface area is 185 Å². The fourth-order valence-electron chi connectivity index (χ4n) is 2.93. The maximum absolute atomic E-state index is 12.5. The number of nitrogens with one attached hydrogen (secondary N) is 3. The van der Waals surface area contributed by atoms with Crippen LogP contribution in [0.4, 0.5) is 5.82 Å². The van der Waals surface area contributed by atoms with Crippen molar-refractivity contribution in [2.45, 2.75) is 19.9 Å². The van der Waals surface area contributed by atoms with Gasteiger partial charge in [0, 0.05) is 37.8 Å². The van der Waals surface area contributed by atoms with Gasteiger partial charge in [0.1, 0.15) is 22.9 Å². The van der Waals surface area contributed by atoms with Gasteiger partial charge in [-0.3, -0.25) is 14.6 Å². The number of rotatable bonds is 8. The predicted molar refractivity (Wildman–Crippen MR) is 123 cm³/mol. The summed E-state index contributed by atoms with van der Waals surface area (Å²) in [7, 11) is 1.75. The van der Waals surface area contributed by atoms with Crippen molar-refractivity contribution in [3.63, 3.8) is 0 Å². The van der Waals surface area contributed by atoms with E-state index in [1.807, 2.05) is 13.8 Å². The number of hydrogen-bond acceptors (Lipinski definition) is 7. The zero-order chi connectivity index (χ0) is 23.1. The average Bonchev–Trinajstić information content (AvgIpc) is 2.79. The van der Waals surface area contributed by atoms with Gasteiger partial charge in [0.2, 0.25) is 0 Å². The summed E-state index contributed by atoms with van der Waals surface area (Å²) < 4.78 is 7.32. The van der Waals surface area contributed by atoms with Crippen LogP contribution in [0.25, 0.3) is 5.70 Å². The highest BCUT2D eigenvalue weighted by Crippen LogP contribution is 2.23. The van der Waals surface area contributed by atoms with Gasteiger partial charge in [0.05, 0.1) is 17.6 Å². The third-order valence-electron chi connectivity index (χ3n) is 4.52. The molecule has 3 N–H and O–H groups in total. The average molecular weight is 432 g/mol. The van der Waals surface area contributed by atoms with Crippen molar-refractivity contribution < 1.29 is 9.53 Å². The molecule has 0 saturated carbocycles. The highest BCUT2D eigenvalue weighted by molar-refractivity contribution is 6.03. The number of aromatic nitrogens is 3. The summed E-state index contributed by atoms with van der Waals surface area (Å²) in [5, 5.41) is 12.8. The molecule has 9 nitrogen and oxygen atoms in total. The van der Waals surface area contributed by atoms with Gasteiger partial charge >= 0.3 is 0 Å². The maximum atomic E-state index is 12.5. The molecule has 3 aromatic rings. The fourth-order valence-corrected chi connectivity index (χ4v) is 2.93. The molecule has 0 bridgehead atoms. The molecule has 3 aromatic heterocycles. The number of amides is 1. The molecule has 0 saturated heterocycles. The second kappa shape index (κ2) is 10.2. The van der Waals surface area contributed by atoms with Crippen molar-refractivity contribution in [1.82, 2.24) is 19.9 Å². The summed E-state index contributed by atoms with van der Waals surface area (Å²) in [5.74, 6) is 0.772. The maximum Gasteiger partial charge on any atom is 0.263 e. The summed E-state index contributed by atoms with van der Waals surface area (Å²) in [6.45, 7) is 3.75. The fraction of sp³-hybridized carbons (Fsp3) is 0.174. The van der Waals surface area contributed by atoms with Crippen molar-refractivity contribution in [2.75, 3.05) is 12.4 Å². The monoisotopic (exact) mass is 432 g/mol. The Morgan fingerprint density at radius 2 is 2.00 bits per heavy atom. The lowest BCUT2D eigenvalue weighted by Gasteiger charge is -2.11. The minimum Gasteiger partial charge on any atom is -0.456 e. The molecule has 0 aromatic carbocycles. The van der Waals surface area contributed by atoms with Gasteiger partial charge < -0.3 is 25.3 Å². The van der Waals surface area contributed by atoms with Crippen molar-refractivity contribution >= 4 is 23.6 Å². The standard InChI is InChI=1S/C23H24N6O3/c1-15(2)29-12-4-5-18(23(29)31)22(30)28-21-7-6-17(14-27-21)32-16-9-11-26-20(13-16)19(25-3)8-10-24/h4-15,24-25H,1-3H3,(H,27,28,30)/b19-8-,24-10?.